The van der Waals surface area contributed by atoms with Crippen LogP contribution >= 0.6 is 0 Å². The zero-order valence-corrected chi connectivity index (χ0v) is 12.0. The summed E-state index contributed by atoms with van der Waals surface area (Å²) >= 11 is 0. The van der Waals surface area contributed by atoms with E-state index in [2.05, 4.69) is 49.5 Å². The Labute approximate surface area is 106 Å². The molecule has 0 fully saturated rings. The van der Waals surface area contributed by atoms with E-state index < -0.39 is 0 Å². The molecule has 1 unspecified atom stereocenters. The van der Waals surface area contributed by atoms with E-state index in [9.17, 15) is 0 Å². The minimum absolute atomic E-state index is 0.520. The number of hydrogen-bond acceptors (Lipinski definition) is 2. The van der Waals surface area contributed by atoms with Crippen molar-refractivity contribution < 1.29 is 0 Å². The lowest BCUT2D eigenvalue weighted by atomic mass is 10.1. The molecule has 3 nitrogen and oxygen atoms in total. The predicted octanol–water partition coefficient (Wildman–Crippen LogP) is 3.13. The van der Waals surface area contributed by atoms with Crippen LogP contribution in [0.15, 0.2) is 6.20 Å². The van der Waals surface area contributed by atoms with Gasteiger partial charge in [-0.3, -0.25) is 0 Å². The summed E-state index contributed by atoms with van der Waals surface area (Å²) in [4.78, 5) is 4.43. The molecule has 0 amide bonds. The number of aryl methyl sites for hydroxylation is 1. The summed E-state index contributed by atoms with van der Waals surface area (Å²) in [5, 5.41) is 3.46. The smallest absolute Gasteiger partial charge is 0.105 e. The highest BCUT2D eigenvalue weighted by Gasteiger charge is 2.10. The van der Waals surface area contributed by atoms with Crippen LogP contribution in [0.2, 0.25) is 0 Å². The average molecular weight is 237 g/mol. The van der Waals surface area contributed by atoms with Crippen LogP contribution in [0.25, 0.3) is 0 Å². The summed E-state index contributed by atoms with van der Waals surface area (Å²) in [7, 11) is 0. The van der Waals surface area contributed by atoms with Gasteiger partial charge in [0.25, 0.3) is 0 Å². The van der Waals surface area contributed by atoms with Crippen LogP contribution in [-0.4, -0.2) is 15.6 Å². The Morgan fingerprint density at radius 3 is 2.65 bits per heavy atom. The molecule has 1 heterocycles. The molecule has 0 spiro atoms. The summed E-state index contributed by atoms with van der Waals surface area (Å²) < 4.78 is 2.36. The quantitative estimate of drug-likeness (QED) is 0.789. The van der Waals surface area contributed by atoms with Crippen LogP contribution < -0.4 is 5.32 Å². The van der Waals surface area contributed by atoms with E-state index in [4.69, 9.17) is 0 Å². The van der Waals surface area contributed by atoms with Gasteiger partial charge < -0.3 is 9.88 Å². The maximum atomic E-state index is 4.43. The van der Waals surface area contributed by atoms with Gasteiger partial charge >= 0.3 is 0 Å². The van der Waals surface area contributed by atoms with E-state index in [1.165, 1.54) is 18.5 Å². The lowest BCUT2D eigenvalue weighted by molar-refractivity contribution is 0.426. The number of hydrogen-bond donors (Lipinski definition) is 1. The Hall–Kier alpha value is -0.830. The van der Waals surface area contributed by atoms with Gasteiger partial charge in [-0.15, -0.1) is 0 Å². The standard InChI is InChI=1S/C14H27N3/c1-6-7-12(4)10-17-13(5)16-9-14(17)8-15-11(2)3/h9,11-12,15H,6-8,10H2,1-5H3. The summed E-state index contributed by atoms with van der Waals surface area (Å²) in [6.45, 7) is 13.0. The Balaban J connectivity index is 2.65. The van der Waals surface area contributed by atoms with Gasteiger partial charge in [0.15, 0.2) is 0 Å². The van der Waals surface area contributed by atoms with Gasteiger partial charge in [-0.05, 0) is 19.3 Å². The van der Waals surface area contributed by atoms with Crippen molar-refractivity contribution in [2.24, 2.45) is 5.92 Å². The first-order valence-electron chi connectivity index (χ1n) is 6.79. The molecule has 1 aromatic heterocycles. The van der Waals surface area contributed by atoms with Crippen molar-refractivity contribution in [3.8, 4) is 0 Å². The summed E-state index contributed by atoms with van der Waals surface area (Å²) in [5.41, 5.74) is 1.30. The van der Waals surface area contributed by atoms with Crippen molar-refractivity contribution in [1.29, 1.82) is 0 Å². The van der Waals surface area contributed by atoms with Crippen LogP contribution in [0, 0.1) is 12.8 Å². The van der Waals surface area contributed by atoms with Gasteiger partial charge in [-0.2, -0.15) is 0 Å². The molecule has 0 aliphatic carbocycles. The van der Waals surface area contributed by atoms with Crippen LogP contribution in [0.4, 0.5) is 0 Å². The zero-order chi connectivity index (χ0) is 12.8. The first-order valence-corrected chi connectivity index (χ1v) is 6.79. The lowest BCUT2D eigenvalue weighted by Crippen LogP contribution is -2.24. The molecule has 1 atom stereocenters. The highest BCUT2D eigenvalue weighted by Crippen LogP contribution is 2.13. The van der Waals surface area contributed by atoms with Gasteiger partial charge in [0, 0.05) is 25.3 Å². The molecule has 1 aromatic rings. The van der Waals surface area contributed by atoms with Crippen molar-refractivity contribution in [3.05, 3.63) is 17.7 Å². The van der Waals surface area contributed by atoms with Crippen molar-refractivity contribution in [2.75, 3.05) is 0 Å². The van der Waals surface area contributed by atoms with Crippen LogP contribution in [0.1, 0.15) is 52.1 Å². The number of aromatic nitrogens is 2. The fraction of sp³-hybridized carbons (Fsp3) is 0.786. The summed E-state index contributed by atoms with van der Waals surface area (Å²) in [6.07, 6.45) is 4.55. The van der Waals surface area contributed by atoms with Gasteiger partial charge in [-0.1, -0.05) is 34.1 Å². The molecule has 0 aliphatic heterocycles. The van der Waals surface area contributed by atoms with E-state index >= 15 is 0 Å². The number of rotatable bonds is 7. The fourth-order valence-corrected chi connectivity index (χ4v) is 2.11. The third kappa shape index (κ3) is 4.50. The Morgan fingerprint density at radius 2 is 2.06 bits per heavy atom. The second-order valence-corrected chi connectivity index (χ2v) is 5.34. The molecule has 98 valence electrons. The monoisotopic (exact) mass is 237 g/mol. The zero-order valence-electron chi connectivity index (χ0n) is 12.0. The lowest BCUT2D eigenvalue weighted by Gasteiger charge is -2.16. The first kappa shape index (κ1) is 14.2. The van der Waals surface area contributed by atoms with Crippen LogP contribution in [0.5, 0.6) is 0 Å². The highest BCUT2D eigenvalue weighted by atomic mass is 15.1. The minimum atomic E-state index is 0.520. The molecule has 0 saturated heterocycles. The Morgan fingerprint density at radius 1 is 1.35 bits per heavy atom. The molecule has 0 bridgehead atoms. The third-order valence-corrected chi connectivity index (χ3v) is 3.10. The van der Waals surface area contributed by atoms with Crippen LogP contribution in [0.3, 0.4) is 0 Å². The number of imidazole rings is 1. The molecular formula is C14H27N3. The van der Waals surface area contributed by atoms with Crippen molar-refractivity contribution in [3.63, 3.8) is 0 Å². The highest BCUT2D eigenvalue weighted by molar-refractivity contribution is 5.04. The van der Waals surface area contributed by atoms with Gasteiger partial charge in [0.05, 0.1) is 5.69 Å². The molecule has 3 heteroatoms. The topological polar surface area (TPSA) is 29.9 Å². The summed E-state index contributed by atoms with van der Waals surface area (Å²) in [5.74, 6) is 1.86. The van der Waals surface area contributed by atoms with Gasteiger partial charge in [0.2, 0.25) is 0 Å². The maximum absolute atomic E-state index is 4.43. The largest absolute Gasteiger partial charge is 0.331 e. The van der Waals surface area contributed by atoms with Gasteiger partial charge in [-0.25, -0.2) is 4.98 Å². The summed E-state index contributed by atoms with van der Waals surface area (Å²) in [6, 6.07) is 0.520. The van der Waals surface area contributed by atoms with Crippen LogP contribution in [-0.2, 0) is 13.1 Å². The normalized spacial score (nSPS) is 13.3. The van der Waals surface area contributed by atoms with E-state index in [0.29, 0.717) is 6.04 Å². The molecule has 0 aliphatic rings. The predicted molar refractivity (Wildman–Crippen MR) is 73.0 cm³/mol. The average Bonchev–Trinajstić information content (AvgIpc) is 2.58. The van der Waals surface area contributed by atoms with E-state index in [1.807, 2.05) is 6.20 Å². The molecule has 1 N–H and O–H groups in total. The molecule has 0 radical (unpaired) electrons. The Bertz CT molecular complexity index is 328. The SMILES string of the molecule is CCCC(C)Cn1c(CNC(C)C)cnc1C. The molecule has 17 heavy (non-hydrogen) atoms. The molecule has 0 saturated carbocycles. The van der Waals surface area contributed by atoms with E-state index in [0.717, 1.165) is 24.8 Å². The number of nitrogens with zero attached hydrogens (tertiary/aromatic N) is 2. The maximum Gasteiger partial charge on any atom is 0.105 e. The van der Waals surface area contributed by atoms with Crippen molar-refractivity contribution in [1.82, 2.24) is 14.9 Å². The van der Waals surface area contributed by atoms with E-state index in [-0.39, 0.29) is 0 Å². The second kappa shape index (κ2) is 6.80. The number of nitrogens with one attached hydrogen (secondary N) is 1. The second-order valence-electron chi connectivity index (χ2n) is 5.34. The molecular weight excluding hydrogens is 210 g/mol. The van der Waals surface area contributed by atoms with Crippen molar-refractivity contribution >= 4 is 0 Å². The molecule has 0 aromatic carbocycles. The Kier molecular flexibility index (Phi) is 5.69. The first-order chi connectivity index (χ1) is 8.04. The molecule has 1 rings (SSSR count). The van der Waals surface area contributed by atoms with Crippen molar-refractivity contribution in [2.45, 2.75) is 66.6 Å². The van der Waals surface area contributed by atoms with E-state index in [1.54, 1.807) is 0 Å². The fourth-order valence-electron chi connectivity index (χ4n) is 2.11. The third-order valence-electron chi connectivity index (χ3n) is 3.10. The van der Waals surface area contributed by atoms with Gasteiger partial charge in [0.1, 0.15) is 5.82 Å². The minimum Gasteiger partial charge on any atom is -0.331 e.